The number of para-hydroxylation sites is 1. The summed E-state index contributed by atoms with van der Waals surface area (Å²) in [6.45, 7) is 4.23. The van der Waals surface area contributed by atoms with E-state index in [-0.39, 0.29) is 0 Å². The van der Waals surface area contributed by atoms with Crippen LogP contribution in [0.4, 0.5) is 11.6 Å². The third-order valence-corrected chi connectivity index (χ3v) is 6.34. The topological polar surface area (TPSA) is 53.5 Å². The quantitative estimate of drug-likeness (QED) is 0.484. The highest BCUT2D eigenvalue weighted by molar-refractivity contribution is 6.01. The van der Waals surface area contributed by atoms with Crippen molar-refractivity contribution >= 4 is 22.5 Å². The highest BCUT2D eigenvalue weighted by Gasteiger charge is 2.17. The molecule has 5 rings (SSSR count). The molecule has 4 aromatic rings. The van der Waals surface area contributed by atoms with Crippen LogP contribution in [0.15, 0.2) is 66.7 Å². The summed E-state index contributed by atoms with van der Waals surface area (Å²) >= 11 is 0. The average molecular weight is 440 g/mol. The first-order valence-electron chi connectivity index (χ1n) is 11.3. The lowest BCUT2D eigenvalue weighted by Crippen LogP contribution is -2.44. The van der Waals surface area contributed by atoms with Crippen LogP contribution in [0, 0.1) is 0 Å². The molecule has 3 aromatic carbocycles. The van der Waals surface area contributed by atoms with Gasteiger partial charge in [0.05, 0.1) is 18.3 Å². The maximum absolute atomic E-state index is 5.33. The second-order valence-electron chi connectivity index (χ2n) is 8.42. The van der Waals surface area contributed by atoms with E-state index >= 15 is 0 Å². The number of rotatable bonds is 5. The van der Waals surface area contributed by atoms with E-state index in [4.69, 9.17) is 14.7 Å². The molecule has 2 heterocycles. The first-order chi connectivity index (χ1) is 16.2. The SMILES string of the molecule is CNc1nc(-c2cccc(N3CCN(C)CC3)c2)c2cccc(-c3ccc(OC)cc3)c2n1. The van der Waals surface area contributed by atoms with Gasteiger partial charge in [0.25, 0.3) is 0 Å². The van der Waals surface area contributed by atoms with Crippen molar-refractivity contribution in [2.24, 2.45) is 0 Å². The number of anilines is 2. The van der Waals surface area contributed by atoms with E-state index in [9.17, 15) is 0 Å². The largest absolute Gasteiger partial charge is 0.497 e. The summed E-state index contributed by atoms with van der Waals surface area (Å²) in [4.78, 5) is 14.6. The standard InChI is InChI=1S/C27H29N5O/c1-28-27-29-25(20-6-4-7-21(18-20)32-16-14-31(2)15-17-32)24-9-5-8-23(26(24)30-27)19-10-12-22(33-3)13-11-19/h4-13,18H,14-17H2,1-3H3,(H,28,29,30). The van der Waals surface area contributed by atoms with Crippen LogP contribution in [-0.2, 0) is 0 Å². The van der Waals surface area contributed by atoms with Crippen LogP contribution in [0.1, 0.15) is 0 Å². The molecule has 0 saturated carbocycles. The van der Waals surface area contributed by atoms with Gasteiger partial charge in [-0.15, -0.1) is 0 Å². The Balaban J connectivity index is 1.62. The summed E-state index contributed by atoms with van der Waals surface area (Å²) in [6, 6.07) is 23.1. The molecule has 0 bridgehead atoms. The van der Waals surface area contributed by atoms with Crippen molar-refractivity contribution in [3.63, 3.8) is 0 Å². The lowest BCUT2D eigenvalue weighted by atomic mass is 9.99. The van der Waals surface area contributed by atoms with Gasteiger partial charge in [-0.2, -0.15) is 0 Å². The van der Waals surface area contributed by atoms with Crippen molar-refractivity contribution in [3.05, 3.63) is 66.7 Å². The summed E-state index contributed by atoms with van der Waals surface area (Å²) < 4.78 is 5.33. The maximum Gasteiger partial charge on any atom is 0.223 e. The number of hydrogen-bond donors (Lipinski definition) is 1. The summed E-state index contributed by atoms with van der Waals surface area (Å²) in [7, 11) is 5.73. The fourth-order valence-corrected chi connectivity index (χ4v) is 4.40. The van der Waals surface area contributed by atoms with Gasteiger partial charge < -0.3 is 19.9 Å². The van der Waals surface area contributed by atoms with Gasteiger partial charge in [0.2, 0.25) is 5.95 Å². The second kappa shape index (κ2) is 9.08. The van der Waals surface area contributed by atoms with Crippen molar-refractivity contribution < 1.29 is 4.74 Å². The van der Waals surface area contributed by atoms with Gasteiger partial charge in [-0.25, -0.2) is 9.97 Å². The molecule has 0 spiro atoms. The minimum Gasteiger partial charge on any atom is -0.497 e. The summed E-state index contributed by atoms with van der Waals surface area (Å²) in [6.07, 6.45) is 0. The number of nitrogens with zero attached hydrogens (tertiary/aromatic N) is 4. The van der Waals surface area contributed by atoms with Crippen molar-refractivity contribution in [3.8, 4) is 28.1 Å². The van der Waals surface area contributed by atoms with Crippen LogP contribution in [0.5, 0.6) is 5.75 Å². The van der Waals surface area contributed by atoms with Crippen LogP contribution >= 0.6 is 0 Å². The highest BCUT2D eigenvalue weighted by atomic mass is 16.5. The molecule has 6 heteroatoms. The Hall–Kier alpha value is -3.64. The molecule has 0 atom stereocenters. The normalized spacial score (nSPS) is 14.5. The number of likely N-dealkylation sites (N-methyl/N-ethyl adjacent to an activating group) is 1. The van der Waals surface area contributed by atoms with Crippen LogP contribution in [-0.4, -0.2) is 62.3 Å². The molecule has 1 fully saturated rings. The van der Waals surface area contributed by atoms with Crippen molar-refractivity contribution in [1.29, 1.82) is 0 Å². The number of aromatic nitrogens is 2. The van der Waals surface area contributed by atoms with Crippen LogP contribution < -0.4 is 15.0 Å². The molecule has 0 aliphatic carbocycles. The van der Waals surface area contributed by atoms with Crippen LogP contribution in [0.3, 0.4) is 0 Å². The zero-order valence-electron chi connectivity index (χ0n) is 19.4. The number of fused-ring (bicyclic) bond motifs is 1. The van der Waals surface area contributed by atoms with E-state index in [1.807, 2.05) is 19.2 Å². The van der Waals surface area contributed by atoms with Crippen LogP contribution in [0.2, 0.25) is 0 Å². The molecule has 0 amide bonds. The molecule has 1 aliphatic heterocycles. The van der Waals surface area contributed by atoms with Crippen molar-refractivity contribution in [2.75, 3.05) is 57.6 Å². The predicted molar refractivity (Wildman–Crippen MR) is 136 cm³/mol. The summed E-state index contributed by atoms with van der Waals surface area (Å²) in [5.41, 5.74) is 6.38. The maximum atomic E-state index is 5.33. The number of piperazine rings is 1. The zero-order chi connectivity index (χ0) is 22.8. The Morgan fingerprint density at radius 2 is 1.61 bits per heavy atom. The Morgan fingerprint density at radius 1 is 0.848 bits per heavy atom. The molecule has 33 heavy (non-hydrogen) atoms. The first kappa shape index (κ1) is 21.2. The average Bonchev–Trinajstić information content (AvgIpc) is 2.88. The molecule has 0 unspecified atom stereocenters. The minimum atomic E-state index is 0.614. The van der Waals surface area contributed by atoms with E-state index in [1.165, 1.54) is 5.69 Å². The van der Waals surface area contributed by atoms with Crippen molar-refractivity contribution in [1.82, 2.24) is 14.9 Å². The van der Waals surface area contributed by atoms with Crippen LogP contribution in [0.25, 0.3) is 33.3 Å². The second-order valence-corrected chi connectivity index (χ2v) is 8.42. The Bertz CT molecular complexity index is 1260. The molecule has 1 aliphatic rings. The molecule has 1 aromatic heterocycles. The molecular weight excluding hydrogens is 410 g/mol. The van der Waals surface area contributed by atoms with E-state index in [0.717, 1.165) is 65.2 Å². The number of hydrogen-bond acceptors (Lipinski definition) is 6. The van der Waals surface area contributed by atoms with Gasteiger partial charge in [-0.1, -0.05) is 42.5 Å². The molecule has 1 N–H and O–H groups in total. The Labute approximate surface area is 194 Å². The van der Waals surface area contributed by atoms with Gasteiger partial charge in [0.15, 0.2) is 0 Å². The number of methoxy groups -OCH3 is 1. The number of nitrogens with one attached hydrogen (secondary N) is 1. The lowest BCUT2D eigenvalue weighted by molar-refractivity contribution is 0.313. The Morgan fingerprint density at radius 3 is 2.33 bits per heavy atom. The predicted octanol–water partition coefficient (Wildman–Crippen LogP) is 4.77. The van der Waals surface area contributed by atoms with Gasteiger partial charge in [0, 0.05) is 55.4 Å². The van der Waals surface area contributed by atoms with E-state index in [0.29, 0.717) is 5.95 Å². The molecule has 1 saturated heterocycles. The van der Waals surface area contributed by atoms with E-state index < -0.39 is 0 Å². The molecule has 168 valence electrons. The van der Waals surface area contributed by atoms with Gasteiger partial charge in [0.1, 0.15) is 5.75 Å². The summed E-state index contributed by atoms with van der Waals surface area (Å²) in [5, 5.41) is 4.19. The van der Waals surface area contributed by atoms with E-state index in [1.54, 1.807) is 7.11 Å². The third-order valence-electron chi connectivity index (χ3n) is 6.34. The monoisotopic (exact) mass is 439 g/mol. The third kappa shape index (κ3) is 4.22. The zero-order valence-corrected chi connectivity index (χ0v) is 19.4. The minimum absolute atomic E-state index is 0.614. The Kier molecular flexibility index (Phi) is 5.84. The van der Waals surface area contributed by atoms with Gasteiger partial charge in [-0.05, 0) is 36.9 Å². The number of benzene rings is 3. The van der Waals surface area contributed by atoms with Crippen molar-refractivity contribution in [2.45, 2.75) is 0 Å². The molecular formula is C27H29N5O. The molecule has 0 radical (unpaired) electrons. The van der Waals surface area contributed by atoms with Gasteiger partial charge in [-0.3, -0.25) is 0 Å². The fourth-order valence-electron chi connectivity index (χ4n) is 4.40. The van der Waals surface area contributed by atoms with Gasteiger partial charge >= 0.3 is 0 Å². The smallest absolute Gasteiger partial charge is 0.223 e. The highest BCUT2D eigenvalue weighted by Crippen LogP contribution is 2.35. The lowest BCUT2D eigenvalue weighted by Gasteiger charge is -2.34. The number of ether oxygens (including phenoxy) is 1. The summed E-state index contributed by atoms with van der Waals surface area (Å²) in [5.74, 6) is 1.45. The van der Waals surface area contributed by atoms with E-state index in [2.05, 4.69) is 76.8 Å². The molecule has 6 nitrogen and oxygen atoms in total. The fraction of sp³-hybridized carbons (Fsp3) is 0.259. The first-order valence-corrected chi connectivity index (χ1v) is 11.3.